The lowest BCUT2D eigenvalue weighted by molar-refractivity contribution is -0.138. The van der Waals surface area contributed by atoms with Gasteiger partial charge in [-0.15, -0.1) is 0 Å². The lowest BCUT2D eigenvalue weighted by Crippen LogP contribution is -2.40. The Hall–Kier alpha value is -4.30. The first kappa shape index (κ1) is 26.3. The number of carbonyl (C=O) groups excluding carboxylic acids is 1. The van der Waals surface area contributed by atoms with Crippen LogP contribution in [-0.2, 0) is 9.53 Å². The van der Waals surface area contributed by atoms with E-state index in [0.29, 0.717) is 26.2 Å². The van der Waals surface area contributed by atoms with Gasteiger partial charge in [0.25, 0.3) is 5.56 Å². The zero-order chi connectivity index (χ0) is 27.5. The number of esters is 1. The van der Waals surface area contributed by atoms with E-state index < -0.39 is 17.8 Å². The van der Waals surface area contributed by atoms with E-state index in [2.05, 4.69) is 0 Å². The van der Waals surface area contributed by atoms with E-state index in [-0.39, 0.29) is 23.8 Å². The van der Waals surface area contributed by atoms with Gasteiger partial charge in [-0.3, -0.25) is 9.36 Å². The number of fused-ring (bicyclic) bond motifs is 1. The van der Waals surface area contributed by atoms with E-state index in [4.69, 9.17) is 14.5 Å². The summed E-state index contributed by atoms with van der Waals surface area (Å²) < 4.78 is 27.0. The Kier molecular flexibility index (Phi) is 7.56. The predicted molar refractivity (Wildman–Crippen MR) is 150 cm³/mol. The molecule has 5 rings (SSSR count). The molecule has 0 bridgehead atoms. The van der Waals surface area contributed by atoms with Crippen LogP contribution in [-0.4, -0.2) is 23.2 Å². The second-order valence-corrected chi connectivity index (χ2v) is 10.2. The molecule has 198 valence electrons. The number of carbonyl (C=O) groups is 1. The third kappa shape index (κ3) is 5.47. The molecule has 39 heavy (non-hydrogen) atoms. The molecular weight excluding hydrogens is 515 g/mol. The van der Waals surface area contributed by atoms with Gasteiger partial charge in [0.15, 0.2) is 4.80 Å². The SMILES string of the molecule is CCOC(=O)C1=C(c2ccccc2)N=c2s/c(=C\c3ccc(OC(C)C)cc3)c(=O)n2[C@H]1c1ccc(F)cc1. The van der Waals surface area contributed by atoms with Crippen molar-refractivity contribution in [2.45, 2.75) is 32.9 Å². The minimum atomic E-state index is -0.847. The van der Waals surface area contributed by atoms with Crippen molar-refractivity contribution in [1.82, 2.24) is 4.57 Å². The smallest absolute Gasteiger partial charge is 0.338 e. The van der Waals surface area contributed by atoms with Crippen molar-refractivity contribution >= 4 is 29.1 Å². The molecule has 1 aliphatic heterocycles. The Morgan fingerprint density at radius 1 is 1.05 bits per heavy atom. The van der Waals surface area contributed by atoms with Crippen LogP contribution in [0.1, 0.15) is 43.5 Å². The van der Waals surface area contributed by atoms with Gasteiger partial charge in [0.1, 0.15) is 11.6 Å². The second kappa shape index (κ2) is 11.2. The molecule has 8 heteroatoms. The predicted octanol–water partition coefficient (Wildman–Crippen LogP) is 4.86. The highest BCUT2D eigenvalue weighted by molar-refractivity contribution is 7.07. The molecular formula is C31H27FN2O4S. The summed E-state index contributed by atoms with van der Waals surface area (Å²) in [5.41, 5.74) is 2.46. The molecule has 2 heterocycles. The van der Waals surface area contributed by atoms with Crippen LogP contribution in [0, 0.1) is 5.82 Å². The number of halogens is 1. The molecule has 0 saturated heterocycles. The fourth-order valence-electron chi connectivity index (χ4n) is 4.47. The molecule has 0 fully saturated rings. The van der Waals surface area contributed by atoms with Crippen molar-refractivity contribution in [2.24, 2.45) is 4.99 Å². The van der Waals surface area contributed by atoms with E-state index in [9.17, 15) is 14.0 Å². The van der Waals surface area contributed by atoms with Crippen molar-refractivity contribution < 1.29 is 18.7 Å². The minimum absolute atomic E-state index is 0.0541. The van der Waals surface area contributed by atoms with Gasteiger partial charge in [-0.1, -0.05) is 65.9 Å². The monoisotopic (exact) mass is 542 g/mol. The number of thiazole rings is 1. The molecule has 0 N–H and O–H groups in total. The average molecular weight is 543 g/mol. The highest BCUT2D eigenvalue weighted by Gasteiger charge is 2.35. The summed E-state index contributed by atoms with van der Waals surface area (Å²) in [6.45, 7) is 5.79. The standard InChI is InChI=1S/C31H27FN2O4S/c1-4-37-30(36)26-27(21-8-6-5-7-9-21)33-31-34(28(26)22-12-14-23(32)15-13-22)29(35)25(39-31)18-20-10-16-24(17-11-20)38-19(2)3/h5-19,28H,4H2,1-3H3/b25-18-/t28-/m0/s1. The highest BCUT2D eigenvalue weighted by Crippen LogP contribution is 2.35. The zero-order valence-electron chi connectivity index (χ0n) is 21.8. The number of aromatic nitrogens is 1. The topological polar surface area (TPSA) is 69.9 Å². The number of benzene rings is 3. The summed E-state index contributed by atoms with van der Waals surface area (Å²) in [5.74, 6) is -0.253. The zero-order valence-corrected chi connectivity index (χ0v) is 22.6. The van der Waals surface area contributed by atoms with Crippen LogP contribution in [0.4, 0.5) is 4.39 Å². The maximum Gasteiger partial charge on any atom is 0.338 e. The molecule has 0 radical (unpaired) electrons. The third-order valence-corrected chi connectivity index (χ3v) is 7.09. The number of ether oxygens (including phenoxy) is 2. The Morgan fingerprint density at radius 2 is 1.74 bits per heavy atom. The maximum atomic E-state index is 13.9. The largest absolute Gasteiger partial charge is 0.491 e. The normalized spacial score (nSPS) is 15.2. The maximum absolute atomic E-state index is 13.9. The molecule has 1 aliphatic rings. The first-order valence-electron chi connectivity index (χ1n) is 12.7. The van der Waals surface area contributed by atoms with E-state index in [0.717, 1.165) is 11.3 Å². The molecule has 0 saturated carbocycles. The molecule has 0 aliphatic carbocycles. The Morgan fingerprint density at radius 3 is 2.38 bits per heavy atom. The Bertz CT molecular complexity index is 1700. The van der Waals surface area contributed by atoms with Crippen molar-refractivity contribution in [3.63, 3.8) is 0 Å². The van der Waals surface area contributed by atoms with Crippen LogP contribution in [0.5, 0.6) is 5.75 Å². The van der Waals surface area contributed by atoms with Gasteiger partial charge < -0.3 is 9.47 Å². The average Bonchev–Trinajstić information content (AvgIpc) is 3.24. The van der Waals surface area contributed by atoms with Gasteiger partial charge in [0.2, 0.25) is 0 Å². The van der Waals surface area contributed by atoms with E-state index in [1.165, 1.54) is 28.0 Å². The number of hydrogen-bond donors (Lipinski definition) is 0. The molecule has 4 aromatic rings. The fourth-order valence-corrected chi connectivity index (χ4v) is 5.47. The van der Waals surface area contributed by atoms with Gasteiger partial charge in [0.05, 0.1) is 34.6 Å². The van der Waals surface area contributed by atoms with E-state index in [1.807, 2.05) is 68.4 Å². The van der Waals surface area contributed by atoms with Crippen LogP contribution in [0.25, 0.3) is 11.8 Å². The molecule has 1 atom stereocenters. The molecule has 3 aromatic carbocycles. The van der Waals surface area contributed by atoms with Crippen molar-refractivity contribution in [1.29, 1.82) is 0 Å². The Balaban J connectivity index is 1.74. The minimum Gasteiger partial charge on any atom is -0.491 e. The van der Waals surface area contributed by atoms with Crippen LogP contribution in [0.15, 0.2) is 94.2 Å². The highest BCUT2D eigenvalue weighted by atomic mass is 32.1. The summed E-state index contributed by atoms with van der Waals surface area (Å²) in [7, 11) is 0. The van der Waals surface area contributed by atoms with Crippen LogP contribution in [0.2, 0.25) is 0 Å². The first-order chi connectivity index (χ1) is 18.9. The molecule has 1 aromatic heterocycles. The van der Waals surface area contributed by atoms with E-state index >= 15 is 0 Å². The van der Waals surface area contributed by atoms with Gasteiger partial charge in [-0.25, -0.2) is 14.2 Å². The van der Waals surface area contributed by atoms with Crippen LogP contribution in [0.3, 0.4) is 0 Å². The molecule has 0 unspecified atom stereocenters. The number of nitrogens with zero attached hydrogens (tertiary/aromatic N) is 2. The molecule has 0 spiro atoms. The third-order valence-electron chi connectivity index (χ3n) is 6.11. The van der Waals surface area contributed by atoms with Crippen molar-refractivity contribution in [3.8, 4) is 5.75 Å². The van der Waals surface area contributed by atoms with Gasteiger partial charge in [0, 0.05) is 5.56 Å². The summed E-state index contributed by atoms with van der Waals surface area (Å²) in [6.07, 6.45) is 1.85. The lowest BCUT2D eigenvalue weighted by Gasteiger charge is -2.25. The fraction of sp³-hybridized carbons (Fsp3) is 0.194. The van der Waals surface area contributed by atoms with E-state index in [1.54, 1.807) is 25.1 Å². The number of rotatable bonds is 7. The van der Waals surface area contributed by atoms with Gasteiger partial charge in [-0.05, 0) is 62.2 Å². The van der Waals surface area contributed by atoms with Crippen LogP contribution < -0.4 is 19.6 Å². The quantitative estimate of drug-likeness (QED) is 0.313. The summed E-state index contributed by atoms with van der Waals surface area (Å²) >= 11 is 1.24. The van der Waals surface area contributed by atoms with Crippen molar-refractivity contribution in [2.75, 3.05) is 6.61 Å². The molecule has 6 nitrogen and oxygen atoms in total. The Labute approximate surface area is 229 Å². The second-order valence-electron chi connectivity index (χ2n) is 9.22. The summed E-state index contributed by atoms with van der Waals surface area (Å²) in [4.78, 5) is 32.5. The van der Waals surface area contributed by atoms with Gasteiger partial charge in [-0.2, -0.15) is 0 Å². The molecule has 0 amide bonds. The summed E-state index contributed by atoms with van der Waals surface area (Å²) in [6, 6.07) is 21.7. The van der Waals surface area contributed by atoms with Crippen LogP contribution >= 0.6 is 11.3 Å². The lowest BCUT2D eigenvalue weighted by atomic mass is 9.93. The van der Waals surface area contributed by atoms with Gasteiger partial charge >= 0.3 is 5.97 Å². The number of hydrogen-bond acceptors (Lipinski definition) is 6. The summed E-state index contributed by atoms with van der Waals surface area (Å²) in [5, 5.41) is 0. The first-order valence-corrected chi connectivity index (χ1v) is 13.5. The van der Waals surface area contributed by atoms with Crippen molar-refractivity contribution in [3.05, 3.63) is 127 Å².